The Morgan fingerprint density at radius 2 is 2.13 bits per heavy atom. The summed E-state index contributed by atoms with van der Waals surface area (Å²) in [6.45, 7) is 0.556. The first-order valence-electron chi connectivity index (χ1n) is 4.83. The van der Waals surface area contributed by atoms with E-state index in [1.165, 1.54) is 0 Å². The van der Waals surface area contributed by atoms with E-state index in [1.807, 2.05) is 47.3 Å². The number of para-hydroxylation sites is 1. The summed E-state index contributed by atoms with van der Waals surface area (Å²) in [6, 6.07) is 9.91. The standard InChI is InChI=1S/C10H15N5/c1-14-7-12-8-15(10(14)11)13-9-5-3-2-4-6-9/h2-7,10,13H,8,11H2,1H3. The molecule has 0 fully saturated rings. The van der Waals surface area contributed by atoms with Crippen LogP contribution >= 0.6 is 0 Å². The topological polar surface area (TPSA) is 56.9 Å². The molecular formula is C10H15N5. The van der Waals surface area contributed by atoms with E-state index in [-0.39, 0.29) is 6.29 Å². The smallest absolute Gasteiger partial charge is 0.154 e. The molecule has 0 bridgehead atoms. The number of anilines is 1. The lowest BCUT2D eigenvalue weighted by Crippen LogP contribution is -2.57. The molecule has 0 aromatic heterocycles. The number of hydrazine groups is 1. The third kappa shape index (κ3) is 2.26. The van der Waals surface area contributed by atoms with Crippen molar-refractivity contribution in [2.75, 3.05) is 19.1 Å². The maximum Gasteiger partial charge on any atom is 0.154 e. The maximum absolute atomic E-state index is 5.97. The highest BCUT2D eigenvalue weighted by atomic mass is 15.6. The number of hydrogen-bond donors (Lipinski definition) is 2. The normalized spacial score (nSPS) is 21.7. The van der Waals surface area contributed by atoms with Crippen molar-refractivity contribution >= 4 is 12.0 Å². The third-order valence-corrected chi connectivity index (χ3v) is 2.28. The first kappa shape index (κ1) is 9.95. The Labute approximate surface area is 89.2 Å². The van der Waals surface area contributed by atoms with Gasteiger partial charge in [-0.1, -0.05) is 18.2 Å². The van der Waals surface area contributed by atoms with E-state index >= 15 is 0 Å². The molecule has 1 unspecified atom stereocenters. The van der Waals surface area contributed by atoms with Crippen molar-refractivity contribution in [2.24, 2.45) is 10.7 Å². The fourth-order valence-electron chi connectivity index (χ4n) is 1.41. The minimum atomic E-state index is -0.192. The largest absolute Gasteiger partial charge is 0.337 e. The summed E-state index contributed by atoms with van der Waals surface area (Å²) < 4.78 is 0. The Morgan fingerprint density at radius 3 is 2.87 bits per heavy atom. The van der Waals surface area contributed by atoms with Crippen LogP contribution in [0.25, 0.3) is 0 Å². The Bertz CT molecular complexity index is 337. The monoisotopic (exact) mass is 205 g/mol. The number of aliphatic imine (C=N–C) groups is 1. The molecule has 0 spiro atoms. The van der Waals surface area contributed by atoms with E-state index < -0.39 is 0 Å². The van der Waals surface area contributed by atoms with E-state index in [0.717, 1.165) is 5.69 Å². The number of rotatable bonds is 2. The summed E-state index contributed by atoms with van der Waals surface area (Å²) in [5, 5.41) is 1.87. The van der Waals surface area contributed by atoms with Gasteiger partial charge in [0.05, 0.1) is 6.34 Å². The van der Waals surface area contributed by atoms with Crippen molar-refractivity contribution in [2.45, 2.75) is 6.29 Å². The van der Waals surface area contributed by atoms with E-state index in [4.69, 9.17) is 5.73 Å². The van der Waals surface area contributed by atoms with Gasteiger partial charge in [0.1, 0.15) is 6.67 Å². The Morgan fingerprint density at radius 1 is 1.40 bits per heavy atom. The van der Waals surface area contributed by atoms with E-state index in [1.54, 1.807) is 6.34 Å². The van der Waals surface area contributed by atoms with Crippen LogP contribution in [0.15, 0.2) is 35.3 Å². The molecule has 1 aromatic carbocycles. The van der Waals surface area contributed by atoms with Crippen LogP contribution in [-0.2, 0) is 0 Å². The zero-order valence-corrected chi connectivity index (χ0v) is 8.67. The van der Waals surface area contributed by atoms with E-state index in [9.17, 15) is 0 Å². The average Bonchev–Trinajstić information content (AvgIpc) is 2.26. The van der Waals surface area contributed by atoms with Gasteiger partial charge in [0, 0.05) is 12.7 Å². The second kappa shape index (κ2) is 4.29. The summed E-state index contributed by atoms with van der Waals surface area (Å²) in [4.78, 5) is 6.02. The molecule has 15 heavy (non-hydrogen) atoms. The molecule has 5 heteroatoms. The molecule has 2 rings (SSSR count). The predicted octanol–water partition coefficient (Wildman–Crippen LogP) is 0.489. The van der Waals surface area contributed by atoms with Gasteiger partial charge in [0.2, 0.25) is 0 Å². The zero-order chi connectivity index (χ0) is 10.7. The first-order chi connectivity index (χ1) is 7.27. The number of nitrogens with one attached hydrogen (secondary N) is 1. The van der Waals surface area contributed by atoms with Crippen molar-refractivity contribution in [3.63, 3.8) is 0 Å². The predicted molar refractivity (Wildman–Crippen MR) is 61.0 cm³/mol. The minimum absolute atomic E-state index is 0.192. The maximum atomic E-state index is 5.97. The summed E-state index contributed by atoms with van der Waals surface area (Å²) in [5.74, 6) is 0. The molecular weight excluding hydrogens is 190 g/mol. The first-order valence-corrected chi connectivity index (χ1v) is 4.83. The molecule has 0 saturated heterocycles. The van der Waals surface area contributed by atoms with Gasteiger partial charge in [-0.25, -0.2) is 0 Å². The molecule has 1 aromatic rings. The highest BCUT2D eigenvalue weighted by molar-refractivity contribution is 5.55. The molecule has 0 aliphatic carbocycles. The molecule has 1 aliphatic heterocycles. The SMILES string of the molecule is CN1C=NCN(Nc2ccccc2)C1N. The Hall–Kier alpha value is -1.59. The van der Waals surface area contributed by atoms with Crippen molar-refractivity contribution in [3.8, 4) is 0 Å². The molecule has 5 nitrogen and oxygen atoms in total. The summed E-state index contributed by atoms with van der Waals surface area (Å²) in [5.41, 5.74) is 10.2. The Balaban J connectivity index is 2.04. The van der Waals surface area contributed by atoms with Crippen molar-refractivity contribution in [3.05, 3.63) is 30.3 Å². The molecule has 3 N–H and O–H groups in total. The lowest BCUT2D eigenvalue weighted by molar-refractivity contribution is 0.132. The van der Waals surface area contributed by atoms with E-state index in [2.05, 4.69) is 10.4 Å². The van der Waals surface area contributed by atoms with Crippen molar-refractivity contribution in [1.29, 1.82) is 0 Å². The number of hydrogen-bond acceptors (Lipinski definition) is 5. The van der Waals surface area contributed by atoms with Crippen LogP contribution in [0.1, 0.15) is 0 Å². The summed E-state index contributed by atoms with van der Waals surface area (Å²) >= 11 is 0. The highest BCUT2D eigenvalue weighted by Gasteiger charge is 2.19. The van der Waals surface area contributed by atoms with Crippen molar-refractivity contribution in [1.82, 2.24) is 9.91 Å². The third-order valence-electron chi connectivity index (χ3n) is 2.28. The lowest BCUT2D eigenvalue weighted by Gasteiger charge is -2.36. The molecule has 0 saturated carbocycles. The van der Waals surface area contributed by atoms with Crippen LogP contribution in [0, 0.1) is 0 Å². The van der Waals surface area contributed by atoms with Gasteiger partial charge in [-0.15, -0.1) is 0 Å². The van der Waals surface area contributed by atoms with Gasteiger partial charge in [-0.3, -0.25) is 10.7 Å². The van der Waals surface area contributed by atoms with Crippen LogP contribution < -0.4 is 11.2 Å². The van der Waals surface area contributed by atoms with Gasteiger partial charge in [-0.05, 0) is 12.1 Å². The number of nitrogens with zero attached hydrogens (tertiary/aromatic N) is 3. The van der Waals surface area contributed by atoms with Crippen LogP contribution in [-0.4, -0.2) is 36.3 Å². The molecule has 80 valence electrons. The van der Waals surface area contributed by atoms with Gasteiger partial charge in [0.15, 0.2) is 6.29 Å². The molecule has 0 radical (unpaired) electrons. The average molecular weight is 205 g/mol. The zero-order valence-electron chi connectivity index (χ0n) is 8.67. The van der Waals surface area contributed by atoms with Crippen molar-refractivity contribution < 1.29 is 0 Å². The van der Waals surface area contributed by atoms with Gasteiger partial charge < -0.3 is 10.3 Å². The van der Waals surface area contributed by atoms with E-state index in [0.29, 0.717) is 6.67 Å². The van der Waals surface area contributed by atoms with Crippen LogP contribution in [0.2, 0.25) is 0 Å². The van der Waals surface area contributed by atoms with Crippen LogP contribution in [0.3, 0.4) is 0 Å². The van der Waals surface area contributed by atoms with Crippen LogP contribution in [0.5, 0.6) is 0 Å². The van der Waals surface area contributed by atoms with Gasteiger partial charge >= 0.3 is 0 Å². The fourth-order valence-corrected chi connectivity index (χ4v) is 1.41. The molecule has 1 aliphatic rings. The molecule has 1 atom stereocenters. The minimum Gasteiger partial charge on any atom is -0.337 e. The number of benzene rings is 1. The number of nitrogens with two attached hydrogens (primary N) is 1. The molecule has 1 heterocycles. The fraction of sp³-hybridized carbons (Fsp3) is 0.300. The highest BCUT2D eigenvalue weighted by Crippen LogP contribution is 2.09. The summed E-state index contributed by atoms with van der Waals surface area (Å²) in [6.07, 6.45) is 1.55. The van der Waals surface area contributed by atoms with Crippen LogP contribution in [0.4, 0.5) is 5.69 Å². The molecule has 0 amide bonds. The van der Waals surface area contributed by atoms with Gasteiger partial charge in [-0.2, -0.15) is 5.01 Å². The second-order valence-electron chi connectivity index (χ2n) is 3.47. The van der Waals surface area contributed by atoms with Gasteiger partial charge in [0.25, 0.3) is 0 Å². The summed E-state index contributed by atoms with van der Waals surface area (Å²) in [7, 11) is 1.90. The second-order valence-corrected chi connectivity index (χ2v) is 3.47. The quantitative estimate of drug-likeness (QED) is 0.737. The Kier molecular flexibility index (Phi) is 2.84. The lowest BCUT2D eigenvalue weighted by atomic mass is 10.3.